The Morgan fingerprint density at radius 3 is 3.09 bits per heavy atom. The van der Waals surface area contributed by atoms with Crippen molar-refractivity contribution in [1.82, 2.24) is 19.9 Å². The van der Waals surface area contributed by atoms with Crippen LogP contribution in [0.1, 0.15) is 0 Å². The molecule has 2 aromatic rings. The van der Waals surface area contributed by atoms with Gasteiger partial charge in [-0.05, 0) is 0 Å². The van der Waals surface area contributed by atoms with Gasteiger partial charge >= 0.3 is 6.01 Å². The Balaban J connectivity index is 2.82. The van der Waals surface area contributed by atoms with Gasteiger partial charge in [-0.15, -0.1) is 12.6 Å². The maximum absolute atomic E-state index is 8.84. The summed E-state index contributed by atoms with van der Waals surface area (Å²) < 4.78 is 0. The van der Waals surface area contributed by atoms with Gasteiger partial charge in [-0.3, -0.25) is 0 Å². The molecule has 0 aliphatic carbocycles. The average Bonchev–Trinajstić information content (AvgIpc) is 2.27. The van der Waals surface area contributed by atoms with E-state index < -0.39 is 0 Å². The minimum Gasteiger partial charge on any atom is -0.479 e. The molecular weight excluding hydrogens is 164 g/mol. The van der Waals surface area contributed by atoms with Crippen LogP contribution in [-0.2, 0) is 0 Å². The molecule has 11 heavy (non-hydrogen) atoms. The molecule has 2 N–H and O–H groups in total. The number of H-pyrrole nitrogens is 1. The quantitative estimate of drug-likeness (QED) is 0.496. The molecule has 0 fully saturated rings. The summed E-state index contributed by atoms with van der Waals surface area (Å²) >= 11 is 3.96. The Morgan fingerprint density at radius 2 is 2.27 bits per heavy atom. The third kappa shape index (κ3) is 1.01. The summed E-state index contributed by atoms with van der Waals surface area (Å²) in [5.41, 5.74) is 1.08. The van der Waals surface area contributed by atoms with E-state index in [4.69, 9.17) is 5.11 Å². The molecule has 5 nitrogen and oxygen atoms in total. The molecule has 0 radical (unpaired) electrons. The van der Waals surface area contributed by atoms with Gasteiger partial charge in [0.05, 0.1) is 6.20 Å². The molecule has 0 unspecified atom stereocenters. The molecule has 0 spiro atoms. The van der Waals surface area contributed by atoms with Gasteiger partial charge in [0.2, 0.25) is 0 Å². The number of aromatic nitrogens is 4. The fourth-order valence-corrected chi connectivity index (χ4v) is 1.00. The maximum Gasteiger partial charge on any atom is 0.316 e. The largest absolute Gasteiger partial charge is 0.479 e. The lowest BCUT2D eigenvalue weighted by Crippen LogP contribution is -1.80. The molecule has 0 amide bonds. The van der Waals surface area contributed by atoms with Crippen LogP contribution in [-0.4, -0.2) is 25.0 Å². The monoisotopic (exact) mass is 168 g/mol. The van der Waals surface area contributed by atoms with Crippen molar-refractivity contribution < 1.29 is 5.11 Å². The van der Waals surface area contributed by atoms with Crippen molar-refractivity contribution >= 4 is 23.8 Å². The lowest BCUT2D eigenvalue weighted by atomic mass is 10.6. The van der Waals surface area contributed by atoms with Crippen molar-refractivity contribution in [3.63, 3.8) is 0 Å². The van der Waals surface area contributed by atoms with Gasteiger partial charge in [-0.1, -0.05) is 0 Å². The van der Waals surface area contributed by atoms with Crippen LogP contribution in [0.25, 0.3) is 11.2 Å². The van der Waals surface area contributed by atoms with Crippen LogP contribution in [0, 0.1) is 0 Å². The number of hydrogen-bond acceptors (Lipinski definition) is 5. The Bertz CT molecular complexity index is 398. The molecule has 0 bridgehead atoms. The summed E-state index contributed by atoms with van der Waals surface area (Å²) in [5.74, 6) is 0. The average molecular weight is 168 g/mol. The molecule has 0 aromatic carbocycles. The first-order valence-corrected chi connectivity index (χ1v) is 3.31. The molecule has 0 atom stereocenters. The van der Waals surface area contributed by atoms with Crippen molar-refractivity contribution in [2.45, 2.75) is 5.16 Å². The smallest absolute Gasteiger partial charge is 0.316 e. The van der Waals surface area contributed by atoms with E-state index in [1.807, 2.05) is 0 Å². The first-order chi connectivity index (χ1) is 5.25. The van der Waals surface area contributed by atoms with E-state index in [1.54, 1.807) is 0 Å². The van der Waals surface area contributed by atoms with Gasteiger partial charge in [-0.2, -0.15) is 4.98 Å². The fourth-order valence-electron chi connectivity index (χ4n) is 0.786. The van der Waals surface area contributed by atoms with Crippen molar-refractivity contribution in [2.75, 3.05) is 0 Å². The van der Waals surface area contributed by atoms with Crippen molar-refractivity contribution in [3.8, 4) is 6.01 Å². The van der Waals surface area contributed by atoms with Crippen molar-refractivity contribution in [3.05, 3.63) is 6.20 Å². The second kappa shape index (κ2) is 2.09. The summed E-state index contributed by atoms with van der Waals surface area (Å²) in [7, 11) is 0. The predicted molar refractivity (Wildman–Crippen MR) is 40.6 cm³/mol. The summed E-state index contributed by atoms with van der Waals surface area (Å²) in [5, 5.41) is 9.30. The summed E-state index contributed by atoms with van der Waals surface area (Å²) in [6.45, 7) is 0. The van der Waals surface area contributed by atoms with Gasteiger partial charge in [0.1, 0.15) is 5.52 Å². The molecule has 0 saturated heterocycles. The summed E-state index contributed by atoms with van der Waals surface area (Å²) in [6, 6.07) is -0.280. The number of rotatable bonds is 0. The lowest BCUT2D eigenvalue weighted by molar-refractivity contribution is 0.432. The van der Waals surface area contributed by atoms with Crippen LogP contribution in [0.2, 0.25) is 0 Å². The minimum absolute atomic E-state index is 0.280. The van der Waals surface area contributed by atoms with E-state index in [-0.39, 0.29) is 6.01 Å². The van der Waals surface area contributed by atoms with E-state index in [0.717, 1.165) is 0 Å². The Hall–Kier alpha value is -1.30. The third-order valence-corrected chi connectivity index (χ3v) is 1.43. The van der Waals surface area contributed by atoms with Gasteiger partial charge < -0.3 is 10.1 Å². The highest BCUT2D eigenvalue weighted by Crippen LogP contribution is 2.11. The van der Waals surface area contributed by atoms with Gasteiger partial charge in [0, 0.05) is 0 Å². The number of hydrogen-bond donors (Lipinski definition) is 3. The second-order valence-electron chi connectivity index (χ2n) is 1.97. The van der Waals surface area contributed by atoms with Crippen molar-refractivity contribution in [2.24, 2.45) is 0 Å². The van der Waals surface area contributed by atoms with E-state index in [9.17, 15) is 0 Å². The first kappa shape index (κ1) is 6.41. The Morgan fingerprint density at radius 1 is 1.45 bits per heavy atom. The summed E-state index contributed by atoms with van der Waals surface area (Å²) in [6.07, 6.45) is 1.45. The summed E-state index contributed by atoms with van der Waals surface area (Å²) in [4.78, 5) is 13.9. The van der Waals surface area contributed by atoms with Gasteiger partial charge in [-0.25, -0.2) is 9.97 Å². The van der Waals surface area contributed by atoms with Crippen LogP contribution in [0.15, 0.2) is 11.4 Å². The van der Waals surface area contributed by atoms with Gasteiger partial charge in [0.15, 0.2) is 10.8 Å². The molecule has 2 aromatic heterocycles. The van der Waals surface area contributed by atoms with Crippen molar-refractivity contribution in [1.29, 1.82) is 0 Å². The Labute approximate surface area is 66.9 Å². The molecule has 0 aliphatic rings. The predicted octanol–water partition coefficient (Wildman–Crippen LogP) is 0.347. The number of fused-ring (bicyclic) bond motifs is 1. The number of thiol groups is 1. The Kier molecular flexibility index (Phi) is 1.22. The maximum atomic E-state index is 8.84. The molecule has 2 heterocycles. The van der Waals surface area contributed by atoms with Crippen LogP contribution in [0.5, 0.6) is 6.01 Å². The number of aromatic hydroxyl groups is 1. The number of nitrogens with one attached hydrogen (secondary N) is 1. The van der Waals surface area contributed by atoms with E-state index in [2.05, 4.69) is 32.6 Å². The standard InChI is InChI=1S/C5H4N4OS/c10-4-6-1-2-3(8-4)9-5(11)7-2/h1H,(H3,6,7,8,9,10,11). The molecule has 6 heteroatoms. The SMILES string of the molecule is Oc1ncc2[nH]c(S)nc2n1. The van der Waals surface area contributed by atoms with E-state index in [0.29, 0.717) is 16.3 Å². The molecule has 0 saturated carbocycles. The fraction of sp³-hybridized carbons (Fsp3) is 0. The van der Waals surface area contributed by atoms with Crippen LogP contribution in [0.3, 0.4) is 0 Å². The number of imidazole rings is 1. The zero-order chi connectivity index (χ0) is 7.84. The van der Waals surface area contributed by atoms with Crippen LogP contribution >= 0.6 is 12.6 Å². The normalized spacial score (nSPS) is 10.6. The second-order valence-corrected chi connectivity index (χ2v) is 2.39. The molecule has 0 aliphatic heterocycles. The van der Waals surface area contributed by atoms with Crippen LogP contribution in [0.4, 0.5) is 0 Å². The zero-order valence-corrected chi connectivity index (χ0v) is 6.21. The highest BCUT2D eigenvalue weighted by atomic mass is 32.1. The zero-order valence-electron chi connectivity index (χ0n) is 5.31. The molecule has 2 rings (SSSR count). The molecular formula is C5H4N4OS. The molecule has 56 valence electrons. The first-order valence-electron chi connectivity index (χ1n) is 2.86. The van der Waals surface area contributed by atoms with Crippen LogP contribution < -0.4 is 0 Å². The topological polar surface area (TPSA) is 74.7 Å². The van der Waals surface area contributed by atoms with E-state index in [1.165, 1.54) is 6.20 Å². The highest BCUT2D eigenvalue weighted by molar-refractivity contribution is 7.80. The number of nitrogens with zero attached hydrogens (tertiary/aromatic N) is 3. The van der Waals surface area contributed by atoms with Gasteiger partial charge in [0.25, 0.3) is 0 Å². The number of aromatic amines is 1. The van der Waals surface area contributed by atoms with E-state index >= 15 is 0 Å². The lowest BCUT2D eigenvalue weighted by Gasteiger charge is -1.86. The minimum atomic E-state index is -0.280. The third-order valence-electron chi connectivity index (χ3n) is 1.21. The highest BCUT2D eigenvalue weighted by Gasteiger charge is 2.01.